The average molecular weight is 295 g/mol. The fourth-order valence-electron chi connectivity index (χ4n) is 3.30. The lowest BCUT2D eigenvalue weighted by Gasteiger charge is -2.27. The predicted octanol–water partition coefficient (Wildman–Crippen LogP) is 2.85. The lowest BCUT2D eigenvalue weighted by atomic mass is 10.0. The summed E-state index contributed by atoms with van der Waals surface area (Å²) in [5.41, 5.74) is 2.51. The minimum atomic E-state index is 0.654. The predicted molar refractivity (Wildman–Crippen MR) is 82.6 cm³/mol. The molecular weight excluding hydrogens is 272 g/mol. The summed E-state index contributed by atoms with van der Waals surface area (Å²) in [6, 6.07) is 4.76. The van der Waals surface area contributed by atoms with Crippen LogP contribution in [0.25, 0.3) is 0 Å². The highest BCUT2D eigenvalue weighted by Crippen LogP contribution is 2.34. The van der Waals surface area contributed by atoms with Crippen LogP contribution in [0.15, 0.2) is 12.1 Å². The van der Waals surface area contributed by atoms with Crippen LogP contribution in [-0.4, -0.2) is 37.7 Å². The van der Waals surface area contributed by atoms with Crippen molar-refractivity contribution in [1.29, 1.82) is 0 Å². The first-order valence-electron chi connectivity index (χ1n) is 7.59. The Morgan fingerprint density at radius 3 is 3.15 bits per heavy atom. The molecule has 0 saturated carbocycles. The molecule has 0 bridgehead atoms. The molecular formula is C16H23ClN2O. The first-order valence-corrected chi connectivity index (χ1v) is 7.97. The fraction of sp³-hybridized carbons (Fsp3) is 0.625. The van der Waals surface area contributed by atoms with Gasteiger partial charge in [-0.3, -0.25) is 4.90 Å². The van der Waals surface area contributed by atoms with Gasteiger partial charge in [-0.15, -0.1) is 0 Å². The smallest absolute Gasteiger partial charge is 0.127 e. The summed E-state index contributed by atoms with van der Waals surface area (Å²) in [4.78, 5) is 2.46. The Morgan fingerprint density at radius 1 is 1.35 bits per heavy atom. The van der Waals surface area contributed by atoms with Gasteiger partial charge in [0.05, 0.1) is 6.61 Å². The van der Waals surface area contributed by atoms with Crippen LogP contribution in [0, 0.1) is 0 Å². The van der Waals surface area contributed by atoms with Crippen molar-refractivity contribution < 1.29 is 4.74 Å². The van der Waals surface area contributed by atoms with Gasteiger partial charge in [0.1, 0.15) is 5.75 Å². The summed E-state index contributed by atoms with van der Waals surface area (Å²) in [6.07, 6.45) is 4.74. The third kappa shape index (κ3) is 3.11. The minimum Gasteiger partial charge on any atom is -0.493 e. The summed E-state index contributed by atoms with van der Waals surface area (Å²) >= 11 is 6.24. The Bertz CT molecular complexity index is 470. The van der Waals surface area contributed by atoms with Crippen LogP contribution < -0.4 is 10.1 Å². The monoisotopic (exact) mass is 294 g/mol. The number of hydrogen-bond donors (Lipinski definition) is 1. The largest absolute Gasteiger partial charge is 0.493 e. The van der Waals surface area contributed by atoms with Gasteiger partial charge in [0.25, 0.3) is 0 Å². The molecule has 2 heterocycles. The van der Waals surface area contributed by atoms with E-state index >= 15 is 0 Å². The molecule has 1 aromatic carbocycles. The van der Waals surface area contributed by atoms with Crippen molar-refractivity contribution in [2.45, 2.75) is 38.3 Å². The maximum atomic E-state index is 6.24. The molecule has 2 aliphatic heterocycles. The Balaban J connectivity index is 1.73. The number of benzene rings is 1. The molecule has 0 aliphatic carbocycles. The normalized spacial score (nSPS) is 22.4. The summed E-state index contributed by atoms with van der Waals surface area (Å²) in [7, 11) is 2.22. The molecule has 0 amide bonds. The molecule has 3 rings (SSSR count). The van der Waals surface area contributed by atoms with Gasteiger partial charge in [0.15, 0.2) is 0 Å². The van der Waals surface area contributed by atoms with E-state index in [0.717, 1.165) is 43.4 Å². The second-order valence-corrected chi connectivity index (χ2v) is 6.34. The molecule has 20 heavy (non-hydrogen) atoms. The van der Waals surface area contributed by atoms with Crippen molar-refractivity contribution in [2.24, 2.45) is 0 Å². The van der Waals surface area contributed by atoms with E-state index in [9.17, 15) is 0 Å². The number of ether oxygens (including phenoxy) is 1. The fourth-order valence-corrected chi connectivity index (χ4v) is 3.57. The van der Waals surface area contributed by atoms with Crippen LogP contribution in [0.2, 0.25) is 5.02 Å². The number of hydrogen-bond acceptors (Lipinski definition) is 3. The van der Waals surface area contributed by atoms with Crippen molar-refractivity contribution in [3.05, 3.63) is 28.3 Å². The molecule has 4 heteroatoms. The molecule has 0 aromatic heterocycles. The van der Waals surface area contributed by atoms with Crippen LogP contribution in [-0.2, 0) is 13.0 Å². The van der Waals surface area contributed by atoms with E-state index in [2.05, 4.69) is 23.3 Å². The van der Waals surface area contributed by atoms with E-state index in [0.29, 0.717) is 6.04 Å². The van der Waals surface area contributed by atoms with Crippen LogP contribution in [0.4, 0.5) is 0 Å². The number of nitrogens with one attached hydrogen (secondary N) is 1. The van der Waals surface area contributed by atoms with Gasteiger partial charge in [0, 0.05) is 29.6 Å². The van der Waals surface area contributed by atoms with Crippen molar-refractivity contribution in [3.8, 4) is 5.75 Å². The molecule has 1 atom stereocenters. The van der Waals surface area contributed by atoms with Crippen LogP contribution in [0.1, 0.15) is 30.4 Å². The van der Waals surface area contributed by atoms with E-state index in [1.807, 2.05) is 6.07 Å². The highest BCUT2D eigenvalue weighted by molar-refractivity contribution is 6.30. The molecule has 0 spiro atoms. The van der Waals surface area contributed by atoms with Gasteiger partial charge in [-0.1, -0.05) is 11.6 Å². The summed E-state index contributed by atoms with van der Waals surface area (Å²) in [6.45, 7) is 3.99. The molecule has 0 radical (unpaired) electrons. The van der Waals surface area contributed by atoms with Gasteiger partial charge in [0.2, 0.25) is 0 Å². The molecule has 2 aliphatic rings. The van der Waals surface area contributed by atoms with E-state index in [1.165, 1.54) is 30.4 Å². The zero-order chi connectivity index (χ0) is 13.9. The third-order valence-electron chi connectivity index (χ3n) is 4.41. The molecule has 3 nitrogen and oxygen atoms in total. The molecule has 1 saturated heterocycles. The number of rotatable bonds is 3. The highest BCUT2D eigenvalue weighted by atomic mass is 35.5. The molecule has 110 valence electrons. The molecule has 1 N–H and O–H groups in total. The molecule has 1 fully saturated rings. The Morgan fingerprint density at radius 2 is 2.25 bits per heavy atom. The molecule has 1 unspecified atom stereocenters. The summed E-state index contributed by atoms with van der Waals surface area (Å²) in [5.74, 6) is 1.08. The topological polar surface area (TPSA) is 24.5 Å². The third-order valence-corrected chi connectivity index (χ3v) is 4.63. The van der Waals surface area contributed by atoms with E-state index in [4.69, 9.17) is 16.3 Å². The van der Waals surface area contributed by atoms with Crippen LogP contribution in [0.3, 0.4) is 0 Å². The SMILES string of the molecule is CN(Cc1cc(Cl)cc2c1OCC2)C1CCCNCC1. The van der Waals surface area contributed by atoms with E-state index in [1.54, 1.807) is 0 Å². The summed E-state index contributed by atoms with van der Waals surface area (Å²) < 4.78 is 5.80. The lowest BCUT2D eigenvalue weighted by Crippen LogP contribution is -2.32. The zero-order valence-corrected chi connectivity index (χ0v) is 12.9. The van der Waals surface area contributed by atoms with Gasteiger partial charge < -0.3 is 10.1 Å². The second-order valence-electron chi connectivity index (χ2n) is 5.90. The van der Waals surface area contributed by atoms with Crippen molar-refractivity contribution in [2.75, 3.05) is 26.7 Å². The van der Waals surface area contributed by atoms with Crippen molar-refractivity contribution in [3.63, 3.8) is 0 Å². The number of nitrogens with zero attached hydrogens (tertiary/aromatic N) is 1. The Labute approximate surface area is 126 Å². The lowest BCUT2D eigenvalue weighted by molar-refractivity contribution is 0.213. The van der Waals surface area contributed by atoms with Gasteiger partial charge in [-0.25, -0.2) is 0 Å². The van der Waals surface area contributed by atoms with Crippen molar-refractivity contribution in [1.82, 2.24) is 10.2 Å². The summed E-state index contributed by atoms with van der Waals surface area (Å²) in [5, 5.41) is 4.31. The first-order chi connectivity index (χ1) is 9.74. The number of fused-ring (bicyclic) bond motifs is 1. The van der Waals surface area contributed by atoms with Gasteiger partial charge >= 0.3 is 0 Å². The van der Waals surface area contributed by atoms with E-state index < -0.39 is 0 Å². The quantitative estimate of drug-likeness (QED) is 0.928. The van der Waals surface area contributed by atoms with E-state index in [-0.39, 0.29) is 0 Å². The first kappa shape index (κ1) is 14.2. The Hall–Kier alpha value is -0.770. The highest BCUT2D eigenvalue weighted by Gasteiger charge is 2.21. The van der Waals surface area contributed by atoms with Crippen LogP contribution >= 0.6 is 11.6 Å². The molecule has 1 aromatic rings. The second kappa shape index (κ2) is 6.33. The Kier molecular flexibility index (Phi) is 4.49. The minimum absolute atomic E-state index is 0.654. The van der Waals surface area contributed by atoms with Crippen LogP contribution in [0.5, 0.6) is 5.75 Å². The van der Waals surface area contributed by atoms with Gasteiger partial charge in [-0.2, -0.15) is 0 Å². The number of halogens is 1. The van der Waals surface area contributed by atoms with Gasteiger partial charge in [-0.05, 0) is 57.1 Å². The maximum absolute atomic E-state index is 6.24. The zero-order valence-electron chi connectivity index (χ0n) is 12.1. The maximum Gasteiger partial charge on any atom is 0.127 e. The average Bonchev–Trinajstić information content (AvgIpc) is 2.72. The standard InChI is InChI=1S/C16H23ClN2O/c1-19(15-3-2-6-18-7-4-15)11-13-10-14(17)9-12-5-8-20-16(12)13/h9-10,15,18H,2-8,11H2,1H3. The van der Waals surface area contributed by atoms with Crippen molar-refractivity contribution >= 4 is 11.6 Å².